The van der Waals surface area contributed by atoms with E-state index in [4.69, 9.17) is 5.73 Å². The normalized spacial score (nSPS) is 31.3. The average Bonchev–Trinajstić information content (AvgIpc) is 2.16. The molecule has 0 bridgehead atoms. The van der Waals surface area contributed by atoms with Crippen molar-refractivity contribution in [2.24, 2.45) is 5.73 Å². The van der Waals surface area contributed by atoms with Gasteiger partial charge < -0.3 is 10.8 Å². The van der Waals surface area contributed by atoms with Gasteiger partial charge in [-0.15, -0.1) is 0 Å². The molecule has 5 nitrogen and oxygen atoms in total. The number of rotatable bonds is 3. The Balaban J connectivity index is 2.69. The van der Waals surface area contributed by atoms with Crippen LogP contribution in [0, 0.1) is 0 Å². The Hall–Kier alpha value is -0.460. The van der Waals surface area contributed by atoms with Crippen LogP contribution in [0.15, 0.2) is 0 Å². The zero-order chi connectivity index (χ0) is 10.8. The fraction of sp³-hybridized carbons (Fsp3) is 0.875. The summed E-state index contributed by atoms with van der Waals surface area (Å²) < 4.78 is 13.1. The predicted molar refractivity (Wildman–Crippen MR) is 53.6 cm³/mol. The highest BCUT2D eigenvalue weighted by molar-refractivity contribution is 7.82. The summed E-state index contributed by atoms with van der Waals surface area (Å²) in [6.45, 7) is 2.53. The van der Waals surface area contributed by atoms with E-state index in [0.29, 0.717) is 25.1 Å². The van der Waals surface area contributed by atoms with Crippen molar-refractivity contribution < 1.29 is 14.1 Å². The van der Waals surface area contributed by atoms with Crippen LogP contribution >= 0.6 is 0 Å². The van der Waals surface area contributed by atoms with Gasteiger partial charge in [-0.25, -0.2) is 8.51 Å². The zero-order valence-electron chi connectivity index (χ0n) is 8.23. The number of hydrogen-bond donors (Lipinski definition) is 2. The third kappa shape index (κ3) is 2.31. The highest BCUT2D eigenvalue weighted by Crippen LogP contribution is 2.21. The van der Waals surface area contributed by atoms with Crippen LogP contribution in [0.1, 0.15) is 19.8 Å². The Morgan fingerprint density at radius 1 is 1.71 bits per heavy atom. The summed E-state index contributed by atoms with van der Waals surface area (Å²) in [7, 11) is -1.11. The van der Waals surface area contributed by atoms with E-state index in [1.165, 1.54) is 0 Å². The molecular formula is C8H16N2O3S. The second kappa shape index (κ2) is 4.37. The summed E-state index contributed by atoms with van der Waals surface area (Å²) in [5.41, 5.74) is 3.59. The molecule has 1 aliphatic heterocycles. The molecule has 0 aromatic rings. The molecule has 1 amide bonds. The molecule has 14 heavy (non-hydrogen) atoms. The van der Waals surface area contributed by atoms with Gasteiger partial charge in [0.05, 0.1) is 11.0 Å². The fourth-order valence-electron chi connectivity index (χ4n) is 1.56. The van der Waals surface area contributed by atoms with Crippen LogP contribution in [0.5, 0.6) is 0 Å². The Kier molecular flexibility index (Phi) is 3.63. The van der Waals surface area contributed by atoms with Gasteiger partial charge in [0.15, 0.2) is 5.60 Å². The van der Waals surface area contributed by atoms with Crippen molar-refractivity contribution in [2.75, 3.05) is 18.8 Å². The number of nitrogens with two attached hydrogens (primary N) is 1. The van der Waals surface area contributed by atoms with E-state index >= 15 is 0 Å². The Bertz CT molecular complexity index is 259. The third-order valence-corrected chi connectivity index (χ3v) is 3.81. The first-order chi connectivity index (χ1) is 6.49. The average molecular weight is 220 g/mol. The number of carbonyl (C=O) groups is 1. The molecule has 0 aromatic carbocycles. The summed E-state index contributed by atoms with van der Waals surface area (Å²) in [4.78, 5) is 11.0. The molecule has 1 fully saturated rings. The van der Waals surface area contributed by atoms with Gasteiger partial charge in [-0.05, 0) is 12.8 Å². The summed E-state index contributed by atoms with van der Waals surface area (Å²) in [6, 6.07) is 0. The molecule has 0 aromatic heterocycles. The van der Waals surface area contributed by atoms with Gasteiger partial charge in [0.2, 0.25) is 0 Å². The molecule has 0 spiro atoms. The first-order valence-electron chi connectivity index (χ1n) is 4.65. The number of piperidine rings is 1. The summed E-state index contributed by atoms with van der Waals surface area (Å²) >= 11 is 0. The van der Waals surface area contributed by atoms with Crippen molar-refractivity contribution in [3.05, 3.63) is 0 Å². The predicted octanol–water partition coefficient (Wildman–Crippen LogP) is -1.02. The quantitative estimate of drug-likeness (QED) is 0.638. The first-order valence-corrected chi connectivity index (χ1v) is 5.93. The second-order valence-corrected chi connectivity index (χ2v) is 5.21. The number of amides is 1. The molecule has 6 heteroatoms. The standard InChI is InChI=1S/C8H16N2O3S/c1-2-14(13)10-5-3-4-8(12,6-10)7(9)11/h12H,2-6H2,1H3,(H2,9,11). The molecule has 3 N–H and O–H groups in total. The highest BCUT2D eigenvalue weighted by atomic mass is 32.2. The molecule has 2 unspecified atom stereocenters. The molecule has 2 atom stereocenters. The van der Waals surface area contributed by atoms with Gasteiger partial charge >= 0.3 is 0 Å². The van der Waals surface area contributed by atoms with E-state index < -0.39 is 22.5 Å². The molecule has 1 rings (SSSR count). The molecular weight excluding hydrogens is 204 g/mol. The van der Waals surface area contributed by atoms with E-state index in [0.717, 1.165) is 0 Å². The van der Waals surface area contributed by atoms with Crippen LogP contribution in [0.4, 0.5) is 0 Å². The van der Waals surface area contributed by atoms with Crippen LogP contribution in [0.25, 0.3) is 0 Å². The minimum Gasteiger partial charge on any atom is -0.379 e. The minimum absolute atomic E-state index is 0.0861. The Labute approximate surface area is 85.9 Å². The summed E-state index contributed by atoms with van der Waals surface area (Å²) in [5, 5.41) is 9.81. The second-order valence-electron chi connectivity index (χ2n) is 3.47. The first kappa shape index (κ1) is 11.6. The van der Waals surface area contributed by atoms with Crippen molar-refractivity contribution in [1.29, 1.82) is 0 Å². The minimum atomic E-state index is -1.50. The number of nitrogens with zero attached hydrogens (tertiary/aromatic N) is 1. The van der Waals surface area contributed by atoms with Gasteiger partial charge in [0, 0.05) is 18.8 Å². The van der Waals surface area contributed by atoms with Crippen LogP contribution in [-0.4, -0.2) is 44.0 Å². The van der Waals surface area contributed by atoms with Gasteiger partial charge in [-0.1, -0.05) is 6.92 Å². The third-order valence-electron chi connectivity index (χ3n) is 2.43. The monoisotopic (exact) mass is 220 g/mol. The van der Waals surface area contributed by atoms with Crippen LogP contribution in [-0.2, 0) is 15.8 Å². The van der Waals surface area contributed by atoms with Gasteiger partial charge in [0.25, 0.3) is 5.91 Å². The number of aliphatic hydroxyl groups is 1. The van der Waals surface area contributed by atoms with E-state index in [2.05, 4.69) is 0 Å². The van der Waals surface area contributed by atoms with Crippen molar-refractivity contribution >= 4 is 16.9 Å². The van der Waals surface area contributed by atoms with Gasteiger partial charge in [-0.2, -0.15) is 0 Å². The zero-order valence-corrected chi connectivity index (χ0v) is 9.05. The molecule has 0 saturated carbocycles. The smallest absolute Gasteiger partial charge is 0.250 e. The SMILES string of the molecule is CCS(=O)N1CCCC(O)(C(N)=O)C1. The highest BCUT2D eigenvalue weighted by Gasteiger charge is 2.39. The Morgan fingerprint density at radius 3 is 2.86 bits per heavy atom. The van der Waals surface area contributed by atoms with Crippen molar-refractivity contribution in [1.82, 2.24) is 4.31 Å². The van der Waals surface area contributed by atoms with Crippen molar-refractivity contribution in [2.45, 2.75) is 25.4 Å². The molecule has 1 aliphatic rings. The molecule has 1 heterocycles. The van der Waals surface area contributed by atoms with Gasteiger partial charge in [-0.3, -0.25) is 4.79 Å². The van der Waals surface area contributed by atoms with E-state index in [9.17, 15) is 14.1 Å². The maximum atomic E-state index is 11.5. The molecule has 0 aliphatic carbocycles. The number of β-amino-alcohol motifs (C(OH)–C–C–N with tert-alkyl or cyclic N) is 1. The van der Waals surface area contributed by atoms with E-state index in [-0.39, 0.29) is 6.54 Å². The summed E-state index contributed by atoms with van der Waals surface area (Å²) in [5.74, 6) is -0.232. The number of carbonyl (C=O) groups excluding carboxylic acids is 1. The van der Waals surface area contributed by atoms with Crippen LogP contribution in [0.2, 0.25) is 0 Å². The van der Waals surface area contributed by atoms with E-state index in [1.54, 1.807) is 11.2 Å². The van der Waals surface area contributed by atoms with Crippen molar-refractivity contribution in [3.63, 3.8) is 0 Å². The van der Waals surface area contributed by atoms with E-state index in [1.807, 2.05) is 0 Å². The number of hydrogen-bond acceptors (Lipinski definition) is 3. The van der Waals surface area contributed by atoms with Crippen LogP contribution in [0.3, 0.4) is 0 Å². The lowest BCUT2D eigenvalue weighted by Crippen LogP contribution is -2.56. The van der Waals surface area contributed by atoms with Crippen LogP contribution < -0.4 is 5.73 Å². The number of primary amides is 1. The lowest BCUT2D eigenvalue weighted by molar-refractivity contribution is -0.139. The maximum Gasteiger partial charge on any atom is 0.250 e. The largest absolute Gasteiger partial charge is 0.379 e. The van der Waals surface area contributed by atoms with Crippen molar-refractivity contribution in [3.8, 4) is 0 Å². The molecule has 1 saturated heterocycles. The molecule has 0 radical (unpaired) electrons. The summed E-state index contributed by atoms with van der Waals surface area (Å²) in [6.07, 6.45) is 1.00. The van der Waals surface area contributed by atoms with Gasteiger partial charge in [0.1, 0.15) is 0 Å². The lowest BCUT2D eigenvalue weighted by atomic mass is 9.94. The lowest BCUT2D eigenvalue weighted by Gasteiger charge is -2.35. The molecule has 82 valence electrons. The topological polar surface area (TPSA) is 83.6 Å². The Morgan fingerprint density at radius 2 is 2.36 bits per heavy atom. The maximum absolute atomic E-state index is 11.5. The fourth-order valence-corrected chi connectivity index (χ4v) is 2.61.